The first kappa shape index (κ1) is 19.5. The minimum absolute atomic E-state index is 0.123. The number of benzene rings is 2. The van der Waals surface area contributed by atoms with Crippen LogP contribution in [0, 0.1) is 13.8 Å². The Bertz CT molecular complexity index is 807. The van der Waals surface area contributed by atoms with E-state index in [1.807, 2.05) is 58.9 Å². The summed E-state index contributed by atoms with van der Waals surface area (Å²) in [4.78, 5) is 24.4. The van der Waals surface area contributed by atoms with E-state index in [1.54, 1.807) is 18.2 Å². The Morgan fingerprint density at radius 1 is 1.00 bits per heavy atom. The van der Waals surface area contributed by atoms with Gasteiger partial charge in [-0.2, -0.15) is 0 Å². The average molecular weight is 353 g/mol. The van der Waals surface area contributed by atoms with E-state index in [9.17, 15) is 9.59 Å². The van der Waals surface area contributed by atoms with E-state index < -0.39 is 0 Å². The molecule has 138 valence electrons. The molecule has 0 saturated heterocycles. The lowest BCUT2D eigenvalue weighted by atomic mass is 10.1. The number of amides is 2. The summed E-state index contributed by atoms with van der Waals surface area (Å²) in [5, 5.41) is 8.88. The van der Waals surface area contributed by atoms with E-state index >= 15 is 0 Å². The number of nitrogens with one attached hydrogen (secondary N) is 3. The maximum atomic E-state index is 12.2. The second-order valence-corrected chi connectivity index (χ2v) is 7.51. The molecule has 0 radical (unpaired) electrons. The molecule has 0 heterocycles. The van der Waals surface area contributed by atoms with E-state index in [4.69, 9.17) is 0 Å². The fraction of sp³-hybridized carbons (Fsp3) is 0.333. The summed E-state index contributed by atoms with van der Waals surface area (Å²) >= 11 is 0. The van der Waals surface area contributed by atoms with Crippen LogP contribution in [-0.2, 0) is 4.79 Å². The molecule has 3 N–H and O–H groups in total. The zero-order valence-corrected chi connectivity index (χ0v) is 16.1. The highest BCUT2D eigenvalue weighted by Gasteiger charge is 2.15. The Morgan fingerprint density at radius 3 is 2.38 bits per heavy atom. The normalized spacial score (nSPS) is 11.0. The minimum atomic E-state index is -0.299. The van der Waals surface area contributed by atoms with Crippen molar-refractivity contribution < 1.29 is 9.59 Å². The third-order valence-electron chi connectivity index (χ3n) is 3.72. The van der Waals surface area contributed by atoms with Gasteiger partial charge in [0.1, 0.15) is 0 Å². The molecule has 2 aromatic carbocycles. The SMILES string of the molecule is Cc1ccc(NC(=O)CNc2cccc(C(=O)NC(C)(C)C)c2)c(C)c1. The molecule has 0 saturated carbocycles. The number of rotatable bonds is 5. The molecule has 5 nitrogen and oxygen atoms in total. The first-order valence-electron chi connectivity index (χ1n) is 8.67. The highest BCUT2D eigenvalue weighted by atomic mass is 16.2. The molecule has 0 atom stereocenters. The third-order valence-corrected chi connectivity index (χ3v) is 3.72. The van der Waals surface area contributed by atoms with Crippen LogP contribution < -0.4 is 16.0 Å². The van der Waals surface area contributed by atoms with Gasteiger partial charge >= 0.3 is 0 Å². The van der Waals surface area contributed by atoms with Crippen LogP contribution in [0.15, 0.2) is 42.5 Å². The molecule has 0 unspecified atom stereocenters. The maximum absolute atomic E-state index is 12.2. The third kappa shape index (κ3) is 5.92. The van der Waals surface area contributed by atoms with Gasteiger partial charge < -0.3 is 16.0 Å². The molecule has 26 heavy (non-hydrogen) atoms. The lowest BCUT2D eigenvalue weighted by Gasteiger charge is -2.20. The lowest BCUT2D eigenvalue weighted by molar-refractivity contribution is -0.114. The highest BCUT2D eigenvalue weighted by molar-refractivity contribution is 5.96. The number of carbonyl (C=O) groups is 2. The van der Waals surface area contributed by atoms with Crippen molar-refractivity contribution in [3.05, 3.63) is 59.2 Å². The smallest absolute Gasteiger partial charge is 0.251 e. The molecule has 0 aliphatic heterocycles. The molecule has 2 amide bonds. The van der Waals surface area contributed by atoms with Gasteiger partial charge in [0.2, 0.25) is 5.91 Å². The topological polar surface area (TPSA) is 70.2 Å². The van der Waals surface area contributed by atoms with Gasteiger partial charge in [0, 0.05) is 22.5 Å². The zero-order chi connectivity index (χ0) is 19.3. The quantitative estimate of drug-likeness (QED) is 0.764. The van der Waals surface area contributed by atoms with Crippen molar-refractivity contribution in [2.75, 3.05) is 17.2 Å². The van der Waals surface area contributed by atoms with E-state index in [1.165, 1.54) is 0 Å². The van der Waals surface area contributed by atoms with Gasteiger partial charge in [0.15, 0.2) is 0 Å². The largest absolute Gasteiger partial charge is 0.376 e. The van der Waals surface area contributed by atoms with E-state index in [2.05, 4.69) is 16.0 Å². The van der Waals surface area contributed by atoms with Gasteiger partial charge in [0.05, 0.1) is 6.54 Å². The van der Waals surface area contributed by atoms with Gasteiger partial charge in [-0.3, -0.25) is 9.59 Å². The zero-order valence-electron chi connectivity index (χ0n) is 16.1. The fourth-order valence-corrected chi connectivity index (χ4v) is 2.51. The Hall–Kier alpha value is -2.82. The monoisotopic (exact) mass is 353 g/mol. The summed E-state index contributed by atoms with van der Waals surface area (Å²) in [5.41, 5.74) is 3.97. The number of aryl methyl sites for hydroxylation is 2. The van der Waals surface area contributed by atoms with Crippen LogP contribution in [0.5, 0.6) is 0 Å². The molecule has 2 rings (SSSR count). The summed E-state index contributed by atoms with van der Waals surface area (Å²) in [6, 6.07) is 13.0. The lowest BCUT2D eigenvalue weighted by Crippen LogP contribution is -2.40. The molecule has 0 aromatic heterocycles. The highest BCUT2D eigenvalue weighted by Crippen LogP contribution is 2.16. The molecule has 0 fully saturated rings. The molecular formula is C21H27N3O2. The van der Waals surface area contributed by atoms with Gasteiger partial charge in [-0.05, 0) is 64.4 Å². The van der Waals surface area contributed by atoms with E-state index in [0.29, 0.717) is 5.56 Å². The summed E-state index contributed by atoms with van der Waals surface area (Å²) < 4.78 is 0. The average Bonchev–Trinajstić information content (AvgIpc) is 2.54. The molecule has 0 aliphatic carbocycles. The first-order valence-corrected chi connectivity index (χ1v) is 8.67. The van der Waals surface area contributed by atoms with Gasteiger partial charge in [-0.15, -0.1) is 0 Å². The van der Waals surface area contributed by atoms with Gasteiger partial charge in [0.25, 0.3) is 5.91 Å². The number of hydrogen-bond donors (Lipinski definition) is 3. The molecule has 0 bridgehead atoms. The minimum Gasteiger partial charge on any atom is -0.376 e. The van der Waals surface area contributed by atoms with Crippen LogP contribution in [0.3, 0.4) is 0 Å². The van der Waals surface area contributed by atoms with E-state index in [-0.39, 0.29) is 23.9 Å². The van der Waals surface area contributed by atoms with E-state index in [0.717, 1.165) is 22.5 Å². The summed E-state index contributed by atoms with van der Waals surface area (Å²) in [7, 11) is 0. The van der Waals surface area contributed by atoms with Gasteiger partial charge in [-0.1, -0.05) is 23.8 Å². The standard InChI is InChI=1S/C21H27N3O2/c1-14-9-10-18(15(2)11-14)23-19(25)13-22-17-8-6-7-16(12-17)20(26)24-21(3,4)5/h6-12,22H,13H2,1-5H3,(H,23,25)(H,24,26). The summed E-state index contributed by atoms with van der Waals surface area (Å²) in [5.74, 6) is -0.276. The molecule has 5 heteroatoms. The Morgan fingerprint density at radius 2 is 1.73 bits per heavy atom. The first-order chi connectivity index (χ1) is 12.1. The predicted octanol–water partition coefficient (Wildman–Crippen LogP) is 3.88. The van der Waals surface area contributed by atoms with Crippen molar-refractivity contribution in [1.82, 2.24) is 5.32 Å². The predicted molar refractivity (Wildman–Crippen MR) is 107 cm³/mol. The Balaban J connectivity index is 1.95. The fourth-order valence-electron chi connectivity index (χ4n) is 2.51. The molecule has 0 aliphatic rings. The second kappa shape index (κ2) is 8.04. The van der Waals surface area contributed by atoms with Crippen molar-refractivity contribution in [3.63, 3.8) is 0 Å². The Labute approximate surface area is 155 Å². The van der Waals surface area contributed by atoms with Crippen molar-refractivity contribution in [2.24, 2.45) is 0 Å². The van der Waals surface area contributed by atoms with Crippen molar-refractivity contribution in [2.45, 2.75) is 40.2 Å². The van der Waals surface area contributed by atoms with Crippen LogP contribution in [-0.4, -0.2) is 23.9 Å². The molecule has 2 aromatic rings. The van der Waals surface area contributed by atoms with Crippen LogP contribution in [0.25, 0.3) is 0 Å². The molecular weight excluding hydrogens is 326 g/mol. The number of hydrogen-bond acceptors (Lipinski definition) is 3. The van der Waals surface area contributed by atoms with Gasteiger partial charge in [-0.25, -0.2) is 0 Å². The van der Waals surface area contributed by atoms with Crippen LogP contribution in [0.1, 0.15) is 42.3 Å². The summed E-state index contributed by atoms with van der Waals surface area (Å²) in [6.07, 6.45) is 0. The number of carbonyl (C=O) groups excluding carboxylic acids is 2. The maximum Gasteiger partial charge on any atom is 0.251 e. The Kier molecular flexibility index (Phi) is 6.03. The van der Waals surface area contributed by atoms with Crippen LogP contribution in [0.4, 0.5) is 11.4 Å². The van der Waals surface area contributed by atoms with Crippen LogP contribution >= 0.6 is 0 Å². The molecule has 0 spiro atoms. The summed E-state index contributed by atoms with van der Waals surface area (Å²) in [6.45, 7) is 9.91. The number of anilines is 2. The van der Waals surface area contributed by atoms with Crippen LogP contribution in [0.2, 0.25) is 0 Å². The van der Waals surface area contributed by atoms with Crippen molar-refractivity contribution >= 4 is 23.2 Å². The van der Waals surface area contributed by atoms with Crippen molar-refractivity contribution in [1.29, 1.82) is 0 Å². The second-order valence-electron chi connectivity index (χ2n) is 7.51. The van der Waals surface area contributed by atoms with Crippen molar-refractivity contribution in [3.8, 4) is 0 Å².